The van der Waals surface area contributed by atoms with E-state index >= 15 is 0 Å². The van der Waals surface area contributed by atoms with Gasteiger partial charge in [0.2, 0.25) is 5.88 Å². The van der Waals surface area contributed by atoms with E-state index in [2.05, 4.69) is 16.1 Å². The van der Waals surface area contributed by atoms with Crippen LogP contribution in [0.2, 0.25) is 0 Å². The number of hydrogen-bond donors (Lipinski definition) is 1. The van der Waals surface area contributed by atoms with Crippen molar-refractivity contribution < 1.29 is 14.6 Å². The quantitative estimate of drug-likeness (QED) is 0.560. The maximum atomic E-state index is 12.0. The van der Waals surface area contributed by atoms with Crippen molar-refractivity contribution in [3.05, 3.63) is 54.1 Å². The van der Waals surface area contributed by atoms with Crippen LogP contribution < -0.4 is 4.74 Å². The number of aryl methyl sites for hydroxylation is 1. The van der Waals surface area contributed by atoms with Crippen LogP contribution >= 0.6 is 0 Å². The average molecular weight is 347 g/mol. The summed E-state index contributed by atoms with van der Waals surface area (Å²) in [5, 5.41) is 18.6. The fraction of sp³-hybridized carbons (Fsp3) is 0.150. The SMILES string of the molecule is C#CCn1c(O)c(N=NC(=O)COc2ccccc2C)c2ccccc21. The van der Waals surface area contributed by atoms with Crippen LogP contribution in [0.4, 0.5) is 5.69 Å². The highest BCUT2D eigenvalue weighted by Crippen LogP contribution is 2.38. The summed E-state index contributed by atoms with van der Waals surface area (Å²) < 4.78 is 6.99. The molecule has 6 nitrogen and oxygen atoms in total. The number of aromatic hydroxyl groups is 1. The minimum atomic E-state index is -0.554. The molecule has 0 radical (unpaired) electrons. The second-order valence-corrected chi connectivity index (χ2v) is 5.63. The van der Waals surface area contributed by atoms with Gasteiger partial charge in [-0.3, -0.25) is 9.36 Å². The van der Waals surface area contributed by atoms with Gasteiger partial charge < -0.3 is 9.84 Å². The van der Waals surface area contributed by atoms with Crippen LogP contribution in [0.3, 0.4) is 0 Å². The van der Waals surface area contributed by atoms with Crippen molar-refractivity contribution in [3.8, 4) is 24.0 Å². The molecule has 0 aliphatic heterocycles. The Morgan fingerprint density at radius 2 is 1.96 bits per heavy atom. The minimum Gasteiger partial charge on any atom is -0.493 e. The van der Waals surface area contributed by atoms with Gasteiger partial charge in [0.05, 0.1) is 12.1 Å². The Labute approximate surface area is 150 Å². The first kappa shape index (κ1) is 17.2. The van der Waals surface area contributed by atoms with E-state index in [0.29, 0.717) is 11.1 Å². The fourth-order valence-corrected chi connectivity index (χ4v) is 2.61. The zero-order valence-electron chi connectivity index (χ0n) is 14.2. The summed E-state index contributed by atoms with van der Waals surface area (Å²) >= 11 is 0. The van der Waals surface area contributed by atoms with Gasteiger partial charge in [-0.05, 0) is 24.6 Å². The molecule has 1 N–H and O–H groups in total. The summed E-state index contributed by atoms with van der Waals surface area (Å²) in [5.41, 5.74) is 1.85. The van der Waals surface area contributed by atoms with Gasteiger partial charge in [0.1, 0.15) is 5.75 Å². The molecule has 0 saturated heterocycles. The van der Waals surface area contributed by atoms with Gasteiger partial charge in [-0.15, -0.1) is 16.7 Å². The smallest absolute Gasteiger partial charge is 0.302 e. The van der Waals surface area contributed by atoms with Crippen LogP contribution in [0, 0.1) is 19.3 Å². The Morgan fingerprint density at radius 1 is 1.23 bits per heavy atom. The Morgan fingerprint density at radius 3 is 2.73 bits per heavy atom. The zero-order valence-corrected chi connectivity index (χ0v) is 14.2. The Balaban J connectivity index is 1.80. The third kappa shape index (κ3) is 3.42. The van der Waals surface area contributed by atoms with Gasteiger partial charge in [-0.25, -0.2) is 0 Å². The molecule has 0 aliphatic carbocycles. The van der Waals surface area contributed by atoms with Crippen molar-refractivity contribution in [1.82, 2.24) is 4.57 Å². The number of ether oxygens (including phenoxy) is 1. The average Bonchev–Trinajstić information content (AvgIpc) is 2.91. The number of carbonyl (C=O) groups excluding carboxylic acids is 1. The zero-order chi connectivity index (χ0) is 18.5. The molecule has 6 heteroatoms. The summed E-state index contributed by atoms with van der Waals surface area (Å²) in [7, 11) is 0. The van der Waals surface area contributed by atoms with E-state index < -0.39 is 5.91 Å². The largest absolute Gasteiger partial charge is 0.493 e. The molecular weight excluding hydrogens is 330 g/mol. The van der Waals surface area contributed by atoms with Gasteiger partial charge in [0.15, 0.2) is 12.3 Å². The molecule has 0 unspecified atom stereocenters. The molecule has 26 heavy (non-hydrogen) atoms. The number of benzene rings is 2. The van der Waals surface area contributed by atoms with E-state index in [4.69, 9.17) is 11.2 Å². The molecule has 130 valence electrons. The lowest BCUT2D eigenvalue weighted by Crippen LogP contribution is -2.08. The van der Waals surface area contributed by atoms with Crippen molar-refractivity contribution >= 4 is 22.5 Å². The topological polar surface area (TPSA) is 76.2 Å². The first-order valence-electron chi connectivity index (χ1n) is 7.98. The second-order valence-electron chi connectivity index (χ2n) is 5.63. The standard InChI is InChI=1S/C20H17N3O3/c1-3-12-23-16-10-6-5-9-15(16)19(20(23)25)22-21-18(24)13-26-17-11-7-4-8-14(17)2/h1,4-11,25H,12-13H2,2H3. The predicted octanol–water partition coefficient (Wildman–Crippen LogP) is 3.98. The van der Waals surface area contributed by atoms with Crippen LogP contribution in [-0.4, -0.2) is 22.2 Å². The number of carbonyl (C=O) groups is 1. The second kappa shape index (κ2) is 7.53. The highest BCUT2D eigenvalue weighted by atomic mass is 16.5. The highest BCUT2D eigenvalue weighted by molar-refractivity contribution is 5.95. The number of hydrogen-bond acceptors (Lipinski definition) is 4. The van der Waals surface area contributed by atoms with E-state index in [1.54, 1.807) is 12.1 Å². The number of amides is 1. The van der Waals surface area contributed by atoms with Gasteiger partial charge in [-0.1, -0.05) is 42.3 Å². The van der Waals surface area contributed by atoms with Crippen LogP contribution in [0.25, 0.3) is 10.9 Å². The van der Waals surface area contributed by atoms with E-state index in [1.165, 1.54) is 4.57 Å². The van der Waals surface area contributed by atoms with Crippen molar-refractivity contribution in [2.45, 2.75) is 13.5 Å². The number of rotatable bonds is 5. The van der Waals surface area contributed by atoms with E-state index in [-0.39, 0.29) is 24.7 Å². The monoisotopic (exact) mass is 347 g/mol. The van der Waals surface area contributed by atoms with Gasteiger partial charge in [0.25, 0.3) is 0 Å². The van der Waals surface area contributed by atoms with E-state index in [0.717, 1.165) is 11.1 Å². The lowest BCUT2D eigenvalue weighted by Gasteiger charge is -2.05. The molecule has 0 aliphatic rings. The Bertz CT molecular complexity index is 1030. The van der Waals surface area contributed by atoms with Crippen molar-refractivity contribution in [1.29, 1.82) is 0 Å². The van der Waals surface area contributed by atoms with Crippen LogP contribution in [0.1, 0.15) is 5.56 Å². The number of terminal acetylenes is 1. The molecule has 0 spiro atoms. The van der Waals surface area contributed by atoms with Crippen molar-refractivity contribution in [2.24, 2.45) is 10.2 Å². The third-order valence-corrected chi connectivity index (χ3v) is 3.87. The number of azo groups is 1. The number of nitrogens with zero attached hydrogens (tertiary/aromatic N) is 3. The molecule has 3 rings (SSSR count). The van der Waals surface area contributed by atoms with E-state index in [1.807, 2.05) is 43.3 Å². The number of para-hydroxylation sites is 2. The van der Waals surface area contributed by atoms with Crippen molar-refractivity contribution in [2.75, 3.05) is 6.61 Å². The molecule has 2 aromatic carbocycles. The van der Waals surface area contributed by atoms with Gasteiger partial charge >= 0.3 is 5.91 Å². The maximum Gasteiger partial charge on any atom is 0.302 e. The van der Waals surface area contributed by atoms with Crippen LogP contribution in [-0.2, 0) is 11.3 Å². The molecule has 1 heterocycles. The molecule has 3 aromatic rings. The summed E-state index contributed by atoms with van der Waals surface area (Å²) in [6, 6.07) is 14.6. The molecule has 1 amide bonds. The first-order valence-corrected chi connectivity index (χ1v) is 7.98. The summed E-state index contributed by atoms with van der Waals surface area (Å²) in [6.45, 7) is 1.84. The summed E-state index contributed by atoms with van der Waals surface area (Å²) in [5.74, 6) is 2.42. The lowest BCUT2D eigenvalue weighted by atomic mass is 10.2. The molecule has 0 atom stereocenters. The third-order valence-electron chi connectivity index (χ3n) is 3.87. The maximum absolute atomic E-state index is 12.0. The molecule has 1 aromatic heterocycles. The predicted molar refractivity (Wildman–Crippen MR) is 98.6 cm³/mol. The van der Waals surface area contributed by atoms with Gasteiger partial charge in [0, 0.05) is 5.39 Å². The van der Waals surface area contributed by atoms with Gasteiger partial charge in [-0.2, -0.15) is 0 Å². The van der Waals surface area contributed by atoms with Crippen molar-refractivity contribution in [3.63, 3.8) is 0 Å². The normalized spacial score (nSPS) is 10.9. The van der Waals surface area contributed by atoms with E-state index in [9.17, 15) is 9.90 Å². The minimum absolute atomic E-state index is 0.125. The number of fused-ring (bicyclic) bond motifs is 1. The Hall–Kier alpha value is -3.59. The molecule has 0 saturated carbocycles. The lowest BCUT2D eigenvalue weighted by molar-refractivity contribution is -0.120. The fourth-order valence-electron chi connectivity index (χ4n) is 2.61. The summed E-state index contributed by atoms with van der Waals surface area (Å²) in [4.78, 5) is 12.0. The summed E-state index contributed by atoms with van der Waals surface area (Å²) in [6.07, 6.45) is 5.35. The van der Waals surface area contributed by atoms with Crippen LogP contribution in [0.15, 0.2) is 58.8 Å². The highest BCUT2D eigenvalue weighted by Gasteiger charge is 2.16. The number of aromatic nitrogens is 1. The van der Waals surface area contributed by atoms with Crippen LogP contribution in [0.5, 0.6) is 11.6 Å². The Kier molecular flexibility index (Phi) is 4.99. The first-order chi connectivity index (χ1) is 12.6. The molecule has 0 bridgehead atoms. The molecule has 0 fully saturated rings. The molecular formula is C20H17N3O3.